The Morgan fingerprint density at radius 3 is 1.47 bits per heavy atom. The van der Waals surface area contributed by atoms with Gasteiger partial charge in [0.15, 0.2) is 0 Å². The fraction of sp³-hybridized carbons (Fsp3) is 0.286. The maximum atomic E-state index is 7.47. The predicted molar refractivity (Wildman–Crippen MR) is 147 cm³/mol. The number of hydrogen-bond donors (Lipinski definition) is 0. The molecule has 0 radical (unpaired) electrons. The van der Waals surface area contributed by atoms with Gasteiger partial charge in [-0.05, 0) is 0 Å². The summed E-state index contributed by atoms with van der Waals surface area (Å²) >= 11 is -1.85. The molecule has 0 atom stereocenters. The predicted octanol–water partition coefficient (Wildman–Crippen LogP) is 8.64. The van der Waals surface area contributed by atoms with Gasteiger partial charge in [-0.2, -0.15) is 0 Å². The van der Waals surface area contributed by atoms with Crippen LogP contribution in [-0.4, -0.2) is 13.7 Å². The molecule has 0 fully saturated rings. The van der Waals surface area contributed by atoms with Crippen LogP contribution in [0.3, 0.4) is 0 Å². The number of rotatable bonds is 3. The molecule has 0 aliphatic carbocycles. The van der Waals surface area contributed by atoms with Crippen LogP contribution in [0.25, 0.3) is 11.4 Å². The first kappa shape index (κ1) is 25.5. The van der Waals surface area contributed by atoms with Gasteiger partial charge in [0, 0.05) is 0 Å². The standard InChI is InChI=1S/C23H28N2.C5H4S.2ClH.Ru/c1-14-9-16(3)22(17(4)10-14)24-13-25(21(8)20(24)7)23-18(5)11-15(2)12-19(23)6;1-5-3-2-4-6-5;;;/h9-12H,1-8H3;1-4H;2*1H;/q;;;;-2/p-2. The van der Waals surface area contributed by atoms with Gasteiger partial charge in [-0.15, -0.1) is 0 Å². The van der Waals surface area contributed by atoms with E-state index in [-0.39, 0.29) is 0 Å². The first-order valence-electron chi connectivity index (χ1n) is 11.2. The van der Waals surface area contributed by atoms with E-state index in [9.17, 15) is 0 Å². The average Bonchev–Trinajstić information content (AvgIpc) is 3.29. The van der Waals surface area contributed by atoms with Gasteiger partial charge in [-0.1, -0.05) is 0 Å². The van der Waals surface area contributed by atoms with Crippen molar-refractivity contribution in [2.24, 2.45) is 0 Å². The fourth-order valence-corrected chi connectivity index (χ4v) is 12.6. The van der Waals surface area contributed by atoms with Crippen molar-refractivity contribution >= 4 is 35.3 Å². The third kappa shape index (κ3) is 4.51. The Morgan fingerprint density at radius 1 is 0.706 bits per heavy atom. The van der Waals surface area contributed by atoms with E-state index in [0.717, 1.165) is 20.3 Å². The van der Waals surface area contributed by atoms with Crippen LogP contribution in [-0.2, 0) is 11.9 Å². The number of nitrogens with zero attached hydrogens (tertiary/aromatic N) is 2. The van der Waals surface area contributed by atoms with Crippen molar-refractivity contribution in [1.29, 1.82) is 0 Å². The third-order valence-corrected chi connectivity index (χ3v) is 12.7. The van der Waals surface area contributed by atoms with E-state index in [1.807, 2.05) is 6.07 Å². The number of aromatic nitrogens is 2. The number of imidazole rings is 1. The SMILES string of the molecule is Cc1cc(C)c(-n2c(C)c(C)n(-c3c(C)cc(C)cc3C)[c]2=[Ru-4]([Cl])([Cl])=[CH]c2cccs2)c(C)c1. The number of thiophene rings is 1. The molecule has 4 aromatic rings. The van der Waals surface area contributed by atoms with Crippen molar-refractivity contribution in [2.75, 3.05) is 0 Å². The van der Waals surface area contributed by atoms with Crippen molar-refractivity contribution < 1.29 is 11.9 Å². The molecule has 2 heterocycles. The Kier molecular flexibility index (Phi) is 7.11. The normalized spacial score (nSPS) is 12.3. The van der Waals surface area contributed by atoms with E-state index in [1.165, 1.54) is 44.8 Å². The van der Waals surface area contributed by atoms with Crippen LogP contribution < -0.4 is 0 Å². The van der Waals surface area contributed by atoms with E-state index in [2.05, 4.69) is 105 Å². The number of aryl methyl sites for hydroxylation is 6. The molecule has 0 bridgehead atoms. The van der Waals surface area contributed by atoms with Gasteiger partial charge in [-0.3, -0.25) is 0 Å². The van der Waals surface area contributed by atoms with Crippen LogP contribution in [0.15, 0.2) is 41.8 Å². The van der Waals surface area contributed by atoms with Gasteiger partial charge in [0.25, 0.3) is 0 Å². The van der Waals surface area contributed by atoms with Crippen LogP contribution in [0.4, 0.5) is 0 Å². The second-order valence-corrected chi connectivity index (χ2v) is 19.4. The Balaban J connectivity index is 2.33. The quantitative estimate of drug-likeness (QED) is 0.208. The van der Waals surface area contributed by atoms with Gasteiger partial charge in [0.1, 0.15) is 0 Å². The summed E-state index contributed by atoms with van der Waals surface area (Å²) in [6, 6.07) is 13.1. The van der Waals surface area contributed by atoms with Crippen LogP contribution in [0.2, 0.25) is 0 Å². The van der Waals surface area contributed by atoms with E-state index < -0.39 is 11.9 Å². The van der Waals surface area contributed by atoms with E-state index >= 15 is 0 Å². The molecule has 0 saturated carbocycles. The molecule has 2 aromatic carbocycles. The minimum absolute atomic E-state index is 0.993. The van der Waals surface area contributed by atoms with Crippen molar-refractivity contribution in [3.8, 4) is 11.4 Å². The van der Waals surface area contributed by atoms with Crippen molar-refractivity contribution in [2.45, 2.75) is 55.4 Å². The Labute approximate surface area is 217 Å². The first-order valence-corrected chi connectivity index (χ1v) is 18.5. The van der Waals surface area contributed by atoms with Crippen molar-refractivity contribution in [1.82, 2.24) is 9.13 Å². The molecule has 0 spiro atoms. The van der Waals surface area contributed by atoms with E-state index in [4.69, 9.17) is 19.4 Å². The monoisotopic (exact) mass is 600 g/mol. The van der Waals surface area contributed by atoms with Crippen LogP contribution in [0, 0.1) is 59.4 Å². The molecule has 0 aliphatic rings. The molecule has 2 aromatic heterocycles. The minimum atomic E-state index is -3.53. The number of halogens is 2. The topological polar surface area (TPSA) is 9.86 Å². The van der Waals surface area contributed by atoms with Gasteiger partial charge < -0.3 is 0 Å². The Bertz CT molecular complexity index is 1440. The van der Waals surface area contributed by atoms with Gasteiger partial charge in [0.2, 0.25) is 0 Å². The molecule has 0 N–H and O–H groups in total. The molecule has 2 nitrogen and oxygen atoms in total. The molecule has 186 valence electrons. The number of benzene rings is 2. The summed E-state index contributed by atoms with van der Waals surface area (Å²) in [6.07, 6.45) is 0. The van der Waals surface area contributed by atoms with Crippen LogP contribution >= 0.6 is 30.7 Å². The van der Waals surface area contributed by atoms with Gasteiger partial charge in [0.05, 0.1) is 0 Å². The molecule has 0 aliphatic heterocycles. The van der Waals surface area contributed by atoms with Gasteiger partial charge >= 0.3 is 219 Å². The molecule has 6 heteroatoms. The zero-order valence-electron chi connectivity index (χ0n) is 21.0. The fourth-order valence-electron chi connectivity index (χ4n) is 4.99. The molecule has 0 unspecified atom stereocenters. The molecular formula is C28H32Cl2N2RuS-4. The molecule has 0 saturated heterocycles. The molecule has 0 amide bonds. The van der Waals surface area contributed by atoms with Crippen LogP contribution in [0.1, 0.15) is 49.6 Å². The third-order valence-electron chi connectivity index (χ3n) is 6.25. The molecular weight excluding hydrogens is 568 g/mol. The Hall–Kier alpha value is -1.58. The summed E-state index contributed by atoms with van der Waals surface area (Å²) in [7, 11) is 14.9. The Morgan fingerprint density at radius 2 is 1.12 bits per heavy atom. The number of hydrogen-bond acceptors (Lipinski definition) is 1. The first-order chi connectivity index (χ1) is 15.9. The second kappa shape index (κ2) is 9.47. The second-order valence-electron chi connectivity index (χ2n) is 9.15. The van der Waals surface area contributed by atoms with E-state index in [0.29, 0.717) is 0 Å². The maximum absolute atomic E-state index is 7.47. The summed E-state index contributed by atoms with van der Waals surface area (Å²) in [4.78, 5) is 1.11. The van der Waals surface area contributed by atoms with Gasteiger partial charge in [-0.25, -0.2) is 0 Å². The van der Waals surface area contributed by atoms with Crippen LogP contribution in [0.5, 0.6) is 0 Å². The zero-order valence-corrected chi connectivity index (χ0v) is 25.1. The van der Waals surface area contributed by atoms with E-state index in [1.54, 1.807) is 11.3 Å². The summed E-state index contributed by atoms with van der Waals surface area (Å²) in [5.74, 6) is 0. The molecule has 34 heavy (non-hydrogen) atoms. The summed E-state index contributed by atoms with van der Waals surface area (Å²) in [5, 5.41) is 2.07. The summed E-state index contributed by atoms with van der Waals surface area (Å²) in [6.45, 7) is 17.4. The average molecular weight is 601 g/mol. The summed E-state index contributed by atoms with van der Waals surface area (Å²) < 4.78 is 7.80. The van der Waals surface area contributed by atoms with Crippen molar-refractivity contribution in [3.63, 3.8) is 0 Å². The van der Waals surface area contributed by atoms with Crippen molar-refractivity contribution in [3.05, 3.63) is 95.4 Å². The zero-order chi connectivity index (χ0) is 24.9. The molecule has 4 rings (SSSR count). The summed E-state index contributed by atoms with van der Waals surface area (Å²) in [5.41, 5.74) is 12.1.